The second-order valence-corrected chi connectivity index (χ2v) is 4.47. The van der Waals surface area contributed by atoms with E-state index >= 15 is 0 Å². The molecule has 0 bridgehead atoms. The zero-order chi connectivity index (χ0) is 13.8. The SMILES string of the molecule is CC(NCc1ccc(O)cc1O)c1cccc(F)c1. The molecular weight excluding hydrogens is 245 g/mol. The molecule has 19 heavy (non-hydrogen) atoms. The van der Waals surface area contributed by atoms with Gasteiger partial charge in [-0.2, -0.15) is 0 Å². The number of phenols is 2. The van der Waals surface area contributed by atoms with Gasteiger partial charge in [0.25, 0.3) is 0 Å². The first kappa shape index (κ1) is 13.4. The first-order valence-corrected chi connectivity index (χ1v) is 6.06. The van der Waals surface area contributed by atoms with Gasteiger partial charge in [0, 0.05) is 24.2 Å². The van der Waals surface area contributed by atoms with Gasteiger partial charge >= 0.3 is 0 Å². The van der Waals surface area contributed by atoms with Gasteiger partial charge in [-0.3, -0.25) is 0 Å². The minimum atomic E-state index is -0.265. The Labute approximate surface area is 111 Å². The van der Waals surface area contributed by atoms with Crippen LogP contribution < -0.4 is 5.32 Å². The molecule has 0 aromatic heterocycles. The maximum atomic E-state index is 13.1. The van der Waals surface area contributed by atoms with Gasteiger partial charge in [0.1, 0.15) is 17.3 Å². The topological polar surface area (TPSA) is 52.5 Å². The van der Waals surface area contributed by atoms with Crippen LogP contribution in [-0.2, 0) is 6.54 Å². The van der Waals surface area contributed by atoms with E-state index in [-0.39, 0.29) is 23.4 Å². The highest BCUT2D eigenvalue weighted by Crippen LogP contribution is 2.23. The van der Waals surface area contributed by atoms with Crippen molar-refractivity contribution in [1.82, 2.24) is 5.32 Å². The average molecular weight is 261 g/mol. The first-order valence-electron chi connectivity index (χ1n) is 6.06. The van der Waals surface area contributed by atoms with Gasteiger partial charge in [-0.15, -0.1) is 0 Å². The molecule has 0 spiro atoms. The van der Waals surface area contributed by atoms with Crippen molar-refractivity contribution in [2.75, 3.05) is 0 Å². The molecule has 0 aliphatic rings. The van der Waals surface area contributed by atoms with Crippen LogP contribution >= 0.6 is 0 Å². The van der Waals surface area contributed by atoms with Gasteiger partial charge in [-0.1, -0.05) is 18.2 Å². The van der Waals surface area contributed by atoms with Gasteiger partial charge in [0.15, 0.2) is 0 Å². The third-order valence-electron chi connectivity index (χ3n) is 3.02. The van der Waals surface area contributed by atoms with Gasteiger partial charge in [-0.25, -0.2) is 4.39 Å². The summed E-state index contributed by atoms with van der Waals surface area (Å²) in [7, 11) is 0. The predicted octanol–water partition coefficient (Wildman–Crippen LogP) is 3.09. The van der Waals surface area contributed by atoms with E-state index in [2.05, 4.69) is 5.32 Å². The molecule has 0 fully saturated rings. The lowest BCUT2D eigenvalue weighted by Gasteiger charge is -2.15. The Morgan fingerprint density at radius 3 is 2.63 bits per heavy atom. The highest BCUT2D eigenvalue weighted by molar-refractivity contribution is 5.38. The number of hydrogen-bond donors (Lipinski definition) is 3. The molecule has 0 aliphatic carbocycles. The predicted molar refractivity (Wildman–Crippen MR) is 71.4 cm³/mol. The highest BCUT2D eigenvalue weighted by Gasteiger charge is 2.08. The normalized spacial score (nSPS) is 12.3. The van der Waals surface area contributed by atoms with Crippen molar-refractivity contribution in [2.45, 2.75) is 19.5 Å². The third-order valence-corrected chi connectivity index (χ3v) is 3.02. The largest absolute Gasteiger partial charge is 0.508 e. The molecule has 2 aromatic carbocycles. The Bertz CT molecular complexity index is 572. The van der Waals surface area contributed by atoms with Crippen molar-refractivity contribution in [3.8, 4) is 11.5 Å². The average Bonchev–Trinajstić information content (AvgIpc) is 2.37. The fourth-order valence-electron chi connectivity index (χ4n) is 1.86. The number of nitrogens with one attached hydrogen (secondary N) is 1. The zero-order valence-electron chi connectivity index (χ0n) is 10.6. The second-order valence-electron chi connectivity index (χ2n) is 4.47. The molecule has 1 atom stereocenters. The Hall–Kier alpha value is -2.07. The molecule has 0 amide bonds. The summed E-state index contributed by atoms with van der Waals surface area (Å²) in [5, 5.41) is 22.1. The van der Waals surface area contributed by atoms with Crippen LogP contribution in [0.25, 0.3) is 0 Å². The molecule has 4 heteroatoms. The Balaban J connectivity index is 2.02. The maximum Gasteiger partial charge on any atom is 0.123 e. The molecule has 2 aromatic rings. The van der Waals surface area contributed by atoms with Crippen molar-refractivity contribution in [3.05, 3.63) is 59.4 Å². The minimum absolute atomic E-state index is 0.0272. The molecule has 3 N–H and O–H groups in total. The van der Waals surface area contributed by atoms with E-state index in [1.54, 1.807) is 12.1 Å². The van der Waals surface area contributed by atoms with Gasteiger partial charge < -0.3 is 15.5 Å². The monoisotopic (exact) mass is 261 g/mol. The molecule has 0 saturated heterocycles. The van der Waals surface area contributed by atoms with Crippen molar-refractivity contribution in [2.24, 2.45) is 0 Å². The van der Waals surface area contributed by atoms with Crippen LogP contribution in [0.1, 0.15) is 24.1 Å². The van der Waals surface area contributed by atoms with E-state index in [9.17, 15) is 14.6 Å². The summed E-state index contributed by atoms with van der Waals surface area (Å²) in [4.78, 5) is 0. The van der Waals surface area contributed by atoms with E-state index in [4.69, 9.17) is 0 Å². The van der Waals surface area contributed by atoms with E-state index in [1.165, 1.54) is 24.3 Å². The van der Waals surface area contributed by atoms with Crippen molar-refractivity contribution >= 4 is 0 Å². The van der Waals surface area contributed by atoms with Crippen LogP contribution in [0, 0.1) is 5.82 Å². The Kier molecular flexibility index (Phi) is 4.02. The molecule has 0 radical (unpaired) electrons. The van der Waals surface area contributed by atoms with Gasteiger partial charge in [0.05, 0.1) is 0 Å². The number of aromatic hydroxyl groups is 2. The molecule has 1 unspecified atom stereocenters. The number of hydrogen-bond acceptors (Lipinski definition) is 3. The van der Waals surface area contributed by atoms with Crippen molar-refractivity contribution in [3.63, 3.8) is 0 Å². The summed E-state index contributed by atoms with van der Waals surface area (Å²) in [5.41, 5.74) is 1.53. The highest BCUT2D eigenvalue weighted by atomic mass is 19.1. The number of rotatable bonds is 4. The first-order chi connectivity index (χ1) is 9.06. The van der Waals surface area contributed by atoms with Crippen LogP contribution in [0.15, 0.2) is 42.5 Å². The van der Waals surface area contributed by atoms with Crippen LogP contribution in [0.3, 0.4) is 0 Å². The molecule has 2 rings (SSSR count). The van der Waals surface area contributed by atoms with Crippen LogP contribution in [0.5, 0.6) is 11.5 Å². The van der Waals surface area contributed by atoms with E-state index in [0.717, 1.165) is 5.56 Å². The molecule has 100 valence electrons. The summed E-state index contributed by atoms with van der Waals surface area (Å²) in [6, 6.07) is 10.8. The van der Waals surface area contributed by atoms with Crippen molar-refractivity contribution in [1.29, 1.82) is 0 Å². The van der Waals surface area contributed by atoms with E-state index < -0.39 is 0 Å². The molecule has 0 heterocycles. The molecule has 0 aliphatic heterocycles. The Morgan fingerprint density at radius 1 is 1.16 bits per heavy atom. The lowest BCUT2D eigenvalue weighted by Crippen LogP contribution is -2.18. The van der Waals surface area contributed by atoms with Crippen LogP contribution in [0.4, 0.5) is 4.39 Å². The Morgan fingerprint density at radius 2 is 1.95 bits per heavy atom. The molecular formula is C15H16FNO2. The number of phenolic OH excluding ortho intramolecular Hbond substituents is 2. The maximum absolute atomic E-state index is 13.1. The molecule has 3 nitrogen and oxygen atoms in total. The standard InChI is InChI=1S/C15H16FNO2/c1-10(11-3-2-4-13(16)7-11)17-9-12-5-6-14(18)8-15(12)19/h2-8,10,17-19H,9H2,1H3. The van der Waals surface area contributed by atoms with Crippen LogP contribution in [-0.4, -0.2) is 10.2 Å². The minimum Gasteiger partial charge on any atom is -0.508 e. The fourth-order valence-corrected chi connectivity index (χ4v) is 1.86. The van der Waals surface area contributed by atoms with E-state index in [1.807, 2.05) is 13.0 Å². The summed E-state index contributed by atoms with van der Waals surface area (Å²) in [5.74, 6) is -0.197. The quantitative estimate of drug-likeness (QED) is 0.792. The third kappa shape index (κ3) is 3.45. The number of halogens is 1. The summed E-state index contributed by atoms with van der Waals surface area (Å²) < 4.78 is 13.1. The fraction of sp³-hybridized carbons (Fsp3) is 0.200. The van der Waals surface area contributed by atoms with Crippen LogP contribution in [0.2, 0.25) is 0 Å². The summed E-state index contributed by atoms with van der Waals surface area (Å²) >= 11 is 0. The zero-order valence-corrected chi connectivity index (χ0v) is 10.6. The summed E-state index contributed by atoms with van der Waals surface area (Å²) in [6.45, 7) is 2.36. The second kappa shape index (κ2) is 5.71. The smallest absolute Gasteiger partial charge is 0.123 e. The van der Waals surface area contributed by atoms with Gasteiger partial charge in [-0.05, 0) is 30.7 Å². The molecule has 0 saturated carbocycles. The van der Waals surface area contributed by atoms with Crippen molar-refractivity contribution < 1.29 is 14.6 Å². The van der Waals surface area contributed by atoms with Gasteiger partial charge in [0.2, 0.25) is 0 Å². The van der Waals surface area contributed by atoms with E-state index in [0.29, 0.717) is 12.1 Å². The summed E-state index contributed by atoms with van der Waals surface area (Å²) in [6.07, 6.45) is 0. The lowest BCUT2D eigenvalue weighted by molar-refractivity contribution is 0.441. The lowest BCUT2D eigenvalue weighted by atomic mass is 10.1. The number of benzene rings is 2.